The first-order valence-corrected chi connectivity index (χ1v) is 10.9. The maximum absolute atomic E-state index is 2.35. The van der Waals surface area contributed by atoms with Crippen LogP contribution in [-0.4, -0.2) is 0 Å². The molecule has 2 atom stereocenters. The lowest BCUT2D eigenvalue weighted by atomic mass is 9.66. The lowest BCUT2D eigenvalue weighted by Gasteiger charge is -2.39. The van der Waals surface area contributed by atoms with E-state index in [4.69, 9.17) is 0 Å². The zero-order valence-corrected chi connectivity index (χ0v) is 17.1. The summed E-state index contributed by atoms with van der Waals surface area (Å²) >= 11 is 0. The molecule has 0 aliphatic heterocycles. The van der Waals surface area contributed by atoms with Crippen LogP contribution in [0.5, 0.6) is 0 Å². The molecular formula is C28H32. The van der Waals surface area contributed by atoms with Gasteiger partial charge in [-0.3, -0.25) is 0 Å². The second-order valence-corrected chi connectivity index (χ2v) is 8.68. The topological polar surface area (TPSA) is 0 Å². The largest absolute Gasteiger partial charge is 0.0622 e. The molecular weight excluding hydrogens is 336 g/mol. The van der Waals surface area contributed by atoms with Gasteiger partial charge in [0.05, 0.1) is 0 Å². The van der Waals surface area contributed by atoms with E-state index in [1.54, 1.807) is 0 Å². The van der Waals surface area contributed by atoms with Crippen LogP contribution in [0.2, 0.25) is 0 Å². The molecule has 0 aromatic heterocycles. The Kier molecular flexibility index (Phi) is 6.27. The van der Waals surface area contributed by atoms with Gasteiger partial charge in [0, 0.05) is 0 Å². The Morgan fingerprint density at radius 2 is 1.04 bits per heavy atom. The van der Waals surface area contributed by atoms with E-state index in [-0.39, 0.29) is 0 Å². The minimum absolute atomic E-state index is 0.761. The second-order valence-electron chi connectivity index (χ2n) is 8.68. The van der Waals surface area contributed by atoms with Crippen LogP contribution < -0.4 is 0 Å². The van der Waals surface area contributed by atoms with Crippen LogP contribution in [0.3, 0.4) is 0 Å². The maximum Gasteiger partial charge on any atom is -0.0245 e. The molecule has 1 saturated carbocycles. The average Bonchev–Trinajstić information content (AvgIpc) is 2.73. The first-order chi connectivity index (χ1) is 13.8. The average molecular weight is 369 g/mol. The number of hydrogen-bond donors (Lipinski definition) is 0. The molecule has 0 amide bonds. The number of benzene rings is 3. The smallest absolute Gasteiger partial charge is 0.0245 e. The van der Waals surface area contributed by atoms with Crippen LogP contribution in [-0.2, 0) is 19.3 Å². The van der Waals surface area contributed by atoms with Crippen molar-refractivity contribution >= 4 is 0 Å². The molecule has 28 heavy (non-hydrogen) atoms. The summed E-state index contributed by atoms with van der Waals surface area (Å²) in [6.45, 7) is 2.18. The van der Waals surface area contributed by atoms with Crippen molar-refractivity contribution < 1.29 is 0 Å². The molecule has 0 heterocycles. The van der Waals surface area contributed by atoms with Gasteiger partial charge in [0.2, 0.25) is 0 Å². The van der Waals surface area contributed by atoms with Crippen molar-refractivity contribution in [3.63, 3.8) is 0 Å². The van der Waals surface area contributed by atoms with E-state index in [0.29, 0.717) is 0 Å². The highest BCUT2D eigenvalue weighted by atomic mass is 14.4. The van der Waals surface area contributed by atoms with Gasteiger partial charge in [-0.15, -0.1) is 0 Å². The van der Waals surface area contributed by atoms with Crippen molar-refractivity contribution in [2.45, 2.75) is 45.4 Å². The van der Waals surface area contributed by atoms with E-state index >= 15 is 0 Å². The molecule has 1 aliphatic rings. The highest BCUT2D eigenvalue weighted by Crippen LogP contribution is 2.40. The zero-order chi connectivity index (χ0) is 19.2. The van der Waals surface area contributed by atoms with Crippen molar-refractivity contribution in [2.75, 3.05) is 0 Å². The molecule has 1 aliphatic carbocycles. The Balaban J connectivity index is 1.57. The minimum atomic E-state index is 0.761. The van der Waals surface area contributed by atoms with Crippen LogP contribution in [0.1, 0.15) is 41.5 Å². The molecule has 3 aromatic carbocycles. The summed E-state index contributed by atoms with van der Waals surface area (Å²) in [6, 6.07) is 31.5. The lowest BCUT2D eigenvalue weighted by molar-refractivity contribution is 0.149. The molecule has 0 spiro atoms. The highest BCUT2D eigenvalue weighted by Gasteiger charge is 2.33. The highest BCUT2D eigenvalue weighted by molar-refractivity contribution is 5.23. The summed E-state index contributed by atoms with van der Waals surface area (Å²) in [5.41, 5.74) is 5.87. The molecule has 2 unspecified atom stereocenters. The first-order valence-electron chi connectivity index (χ1n) is 10.9. The van der Waals surface area contributed by atoms with Crippen molar-refractivity contribution in [3.05, 3.63) is 107 Å². The molecule has 0 nitrogen and oxygen atoms in total. The van der Waals surface area contributed by atoms with Gasteiger partial charge in [-0.25, -0.2) is 0 Å². The van der Waals surface area contributed by atoms with E-state index in [0.717, 1.165) is 17.8 Å². The Hall–Kier alpha value is -2.34. The van der Waals surface area contributed by atoms with Crippen molar-refractivity contribution in [3.8, 4) is 0 Å². The molecule has 0 saturated heterocycles. The van der Waals surface area contributed by atoms with Gasteiger partial charge < -0.3 is 0 Å². The zero-order valence-electron chi connectivity index (χ0n) is 17.1. The summed E-state index contributed by atoms with van der Waals surface area (Å²) < 4.78 is 0. The molecule has 4 rings (SSSR count). The second kappa shape index (κ2) is 9.24. The van der Waals surface area contributed by atoms with Gasteiger partial charge in [-0.05, 0) is 73.5 Å². The maximum atomic E-state index is 2.35. The number of hydrogen-bond acceptors (Lipinski definition) is 0. The number of rotatable bonds is 6. The molecule has 0 heteroatoms. The Morgan fingerprint density at radius 1 is 0.571 bits per heavy atom. The third-order valence-corrected chi connectivity index (χ3v) is 6.63. The van der Waals surface area contributed by atoms with E-state index in [1.807, 2.05) is 0 Å². The molecule has 3 aromatic rings. The molecule has 1 fully saturated rings. The third-order valence-electron chi connectivity index (χ3n) is 6.63. The summed E-state index contributed by atoms with van der Waals surface area (Å²) in [7, 11) is 0. The normalized spacial score (nSPS) is 22.1. The summed E-state index contributed by atoms with van der Waals surface area (Å²) in [4.78, 5) is 0. The van der Waals surface area contributed by atoms with Crippen molar-refractivity contribution in [1.82, 2.24) is 0 Å². The van der Waals surface area contributed by atoms with Crippen molar-refractivity contribution in [1.29, 1.82) is 0 Å². The summed E-state index contributed by atoms with van der Waals surface area (Å²) in [5.74, 6) is 2.33. The van der Waals surface area contributed by atoms with E-state index in [2.05, 4.69) is 91.9 Å². The fourth-order valence-corrected chi connectivity index (χ4v) is 5.13. The quantitative estimate of drug-likeness (QED) is 0.437. The molecule has 0 N–H and O–H groups in total. The monoisotopic (exact) mass is 368 g/mol. The first kappa shape index (κ1) is 19.0. The fraction of sp³-hybridized carbons (Fsp3) is 0.357. The predicted octanol–water partition coefficient (Wildman–Crippen LogP) is 7.06. The predicted molar refractivity (Wildman–Crippen MR) is 119 cm³/mol. The SMILES string of the molecule is Cc1ccc(CC2C(Cc3ccccc3)CCCC2Cc2ccccc2)cc1. The van der Waals surface area contributed by atoms with Crippen LogP contribution in [0.4, 0.5) is 0 Å². The lowest BCUT2D eigenvalue weighted by Crippen LogP contribution is -2.32. The van der Waals surface area contributed by atoms with Crippen LogP contribution in [0.15, 0.2) is 84.9 Å². The van der Waals surface area contributed by atoms with Gasteiger partial charge in [0.15, 0.2) is 0 Å². The van der Waals surface area contributed by atoms with Gasteiger partial charge >= 0.3 is 0 Å². The third kappa shape index (κ3) is 4.93. The summed E-state index contributed by atoms with van der Waals surface area (Å²) in [6.07, 6.45) is 7.79. The Labute approximate surface area is 170 Å². The van der Waals surface area contributed by atoms with E-state index < -0.39 is 0 Å². The standard InChI is InChI=1S/C28H32/c1-22-15-17-25(18-16-22)21-28-26(19-23-9-4-2-5-10-23)13-8-14-27(28)20-24-11-6-3-7-12-24/h2-7,9-12,15-18,26-28H,8,13-14,19-21H2,1H3. The van der Waals surface area contributed by atoms with Gasteiger partial charge in [0.25, 0.3) is 0 Å². The Bertz CT molecular complexity index is 783. The van der Waals surface area contributed by atoms with Crippen LogP contribution in [0, 0.1) is 24.7 Å². The summed E-state index contributed by atoms with van der Waals surface area (Å²) in [5, 5.41) is 0. The van der Waals surface area contributed by atoms with Crippen molar-refractivity contribution in [2.24, 2.45) is 17.8 Å². The molecule has 144 valence electrons. The van der Waals surface area contributed by atoms with Gasteiger partial charge in [0.1, 0.15) is 0 Å². The van der Waals surface area contributed by atoms with Crippen LogP contribution >= 0.6 is 0 Å². The van der Waals surface area contributed by atoms with Gasteiger partial charge in [-0.1, -0.05) is 96.9 Å². The Morgan fingerprint density at radius 3 is 1.54 bits per heavy atom. The molecule has 0 radical (unpaired) electrons. The van der Waals surface area contributed by atoms with E-state index in [9.17, 15) is 0 Å². The van der Waals surface area contributed by atoms with Crippen LogP contribution in [0.25, 0.3) is 0 Å². The number of aryl methyl sites for hydroxylation is 1. The fourth-order valence-electron chi connectivity index (χ4n) is 5.13. The van der Waals surface area contributed by atoms with E-state index in [1.165, 1.54) is 60.8 Å². The minimum Gasteiger partial charge on any atom is -0.0622 e. The molecule has 0 bridgehead atoms. The van der Waals surface area contributed by atoms with Gasteiger partial charge in [-0.2, -0.15) is 0 Å².